The predicted octanol–water partition coefficient (Wildman–Crippen LogP) is 1.74. The second kappa shape index (κ2) is 5.27. The first-order valence-corrected chi connectivity index (χ1v) is 6.98. The highest BCUT2D eigenvalue weighted by Gasteiger charge is 2.49. The van der Waals surface area contributed by atoms with E-state index in [4.69, 9.17) is 0 Å². The van der Waals surface area contributed by atoms with Crippen molar-refractivity contribution in [3.63, 3.8) is 0 Å². The number of aliphatic hydroxyl groups is 1. The molecule has 2 N–H and O–H groups in total. The number of carbonyl (C=O) groups excluding carboxylic acids is 1. The summed E-state index contributed by atoms with van der Waals surface area (Å²) in [6.45, 7) is 2.06. The summed E-state index contributed by atoms with van der Waals surface area (Å²) < 4.78 is 0. The lowest BCUT2D eigenvalue weighted by molar-refractivity contribution is -0.135. The molecule has 0 aromatic carbocycles. The molecule has 2 rings (SSSR count). The van der Waals surface area contributed by atoms with Crippen molar-refractivity contribution in [2.45, 2.75) is 64.0 Å². The Kier molecular flexibility index (Phi) is 3.91. The van der Waals surface area contributed by atoms with Gasteiger partial charge in [0.25, 0.3) is 0 Å². The molecule has 18 heavy (non-hydrogen) atoms. The van der Waals surface area contributed by atoms with Gasteiger partial charge in [-0.05, 0) is 31.6 Å². The third-order valence-electron chi connectivity index (χ3n) is 4.34. The Morgan fingerprint density at radius 3 is 2.61 bits per heavy atom. The van der Waals surface area contributed by atoms with Crippen molar-refractivity contribution in [2.75, 3.05) is 0 Å². The van der Waals surface area contributed by atoms with Crippen LogP contribution in [-0.2, 0) is 4.79 Å². The van der Waals surface area contributed by atoms with Crippen molar-refractivity contribution in [1.82, 2.24) is 5.32 Å². The molecule has 1 amide bonds. The van der Waals surface area contributed by atoms with Gasteiger partial charge in [-0.2, -0.15) is 5.26 Å². The highest BCUT2D eigenvalue weighted by atomic mass is 16.3. The van der Waals surface area contributed by atoms with E-state index in [0.29, 0.717) is 18.8 Å². The van der Waals surface area contributed by atoms with Gasteiger partial charge in [-0.25, -0.2) is 0 Å². The van der Waals surface area contributed by atoms with Crippen molar-refractivity contribution >= 4 is 5.91 Å². The lowest BCUT2D eigenvalue weighted by atomic mass is 9.63. The van der Waals surface area contributed by atoms with Crippen LogP contribution in [0.15, 0.2) is 0 Å². The summed E-state index contributed by atoms with van der Waals surface area (Å²) in [4.78, 5) is 12.2. The fraction of sp³-hybridized carbons (Fsp3) is 0.857. The zero-order valence-corrected chi connectivity index (χ0v) is 11.0. The zero-order chi connectivity index (χ0) is 13.2. The van der Waals surface area contributed by atoms with Crippen LogP contribution in [0.25, 0.3) is 0 Å². The highest BCUT2D eigenvalue weighted by molar-refractivity contribution is 5.86. The SMILES string of the molecule is CC1CC(C#N)(C(=O)NC2CCCCCC2O)C1. The van der Waals surface area contributed by atoms with Crippen LogP contribution in [0.2, 0.25) is 0 Å². The molecule has 0 spiro atoms. The molecule has 0 bridgehead atoms. The Hall–Kier alpha value is -1.08. The van der Waals surface area contributed by atoms with Gasteiger partial charge in [-0.3, -0.25) is 4.79 Å². The van der Waals surface area contributed by atoms with Crippen molar-refractivity contribution in [3.8, 4) is 6.07 Å². The summed E-state index contributed by atoms with van der Waals surface area (Å²) in [7, 11) is 0. The van der Waals surface area contributed by atoms with E-state index in [1.807, 2.05) is 0 Å². The number of nitrogens with zero attached hydrogens (tertiary/aromatic N) is 1. The van der Waals surface area contributed by atoms with Gasteiger partial charge in [0.15, 0.2) is 0 Å². The lowest BCUT2D eigenvalue weighted by Gasteiger charge is -2.40. The van der Waals surface area contributed by atoms with Crippen LogP contribution < -0.4 is 5.32 Å². The van der Waals surface area contributed by atoms with E-state index in [0.717, 1.165) is 32.1 Å². The number of hydrogen-bond donors (Lipinski definition) is 2. The minimum atomic E-state index is -0.828. The maximum atomic E-state index is 12.2. The molecule has 0 saturated heterocycles. The standard InChI is InChI=1S/C14H22N2O2/c1-10-7-14(8-10,9-15)13(18)16-11-5-3-2-4-6-12(11)17/h10-12,17H,2-8H2,1H3,(H,16,18). The molecule has 0 aromatic rings. The van der Waals surface area contributed by atoms with Crippen LogP contribution >= 0.6 is 0 Å². The molecule has 4 nitrogen and oxygen atoms in total. The second-order valence-electron chi connectivity index (χ2n) is 5.99. The van der Waals surface area contributed by atoms with E-state index >= 15 is 0 Å². The molecule has 0 heterocycles. The van der Waals surface area contributed by atoms with Crippen molar-refractivity contribution in [2.24, 2.45) is 11.3 Å². The molecule has 0 aromatic heterocycles. The monoisotopic (exact) mass is 250 g/mol. The molecule has 0 aliphatic heterocycles. The fourth-order valence-electron chi connectivity index (χ4n) is 3.22. The first-order valence-electron chi connectivity index (χ1n) is 6.98. The molecule has 2 atom stereocenters. The average molecular weight is 250 g/mol. The van der Waals surface area contributed by atoms with Gasteiger partial charge in [0.2, 0.25) is 5.91 Å². The zero-order valence-electron chi connectivity index (χ0n) is 11.0. The van der Waals surface area contributed by atoms with E-state index in [2.05, 4.69) is 18.3 Å². The molecule has 2 fully saturated rings. The summed E-state index contributed by atoms with van der Waals surface area (Å²) in [6.07, 6.45) is 5.60. The number of carbonyl (C=O) groups is 1. The number of aliphatic hydroxyl groups excluding tert-OH is 1. The van der Waals surface area contributed by atoms with E-state index in [1.54, 1.807) is 0 Å². The molecular weight excluding hydrogens is 228 g/mol. The first kappa shape index (κ1) is 13.4. The van der Waals surface area contributed by atoms with E-state index in [-0.39, 0.29) is 11.9 Å². The molecular formula is C14H22N2O2. The number of nitriles is 1. The summed E-state index contributed by atoms with van der Waals surface area (Å²) in [5.74, 6) is 0.281. The number of nitrogens with one attached hydrogen (secondary N) is 1. The largest absolute Gasteiger partial charge is 0.391 e. The average Bonchev–Trinajstić information content (AvgIpc) is 2.50. The van der Waals surface area contributed by atoms with Crippen molar-refractivity contribution < 1.29 is 9.90 Å². The van der Waals surface area contributed by atoms with Crippen LogP contribution in [0.4, 0.5) is 0 Å². The summed E-state index contributed by atoms with van der Waals surface area (Å²) in [5.41, 5.74) is -0.828. The predicted molar refractivity (Wildman–Crippen MR) is 67.5 cm³/mol. The van der Waals surface area contributed by atoms with Crippen LogP contribution in [0.1, 0.15) is 51.9 Å². The van der Waals surface area contributed by atoms with E-state index < -0.39 is 11.5 Å². The Morgan fingerprint density at radius 1 is 1.33 bits per heavy atom. The molecule has 2 saturated carbocycles. The third kappa shape index (κ3) is 2.51. The van der Waals surface area contributed by atoms with Gasteiger partial charge >= 0.3 is 0 Å². The van der Waals surface area contributed by atoms with Gasteiger partial charge in [-0.15, -0.1) is 0 Å². The minimum absolute atomic E-state index is 0.166. The van der Waals surface area contributed by atoms with E-state index in [1.165, 1.54) is 0 Å². The summed E-state index contributed by atoms with van der Waals surface area (Å²) in [5, 5.41) is 22.1. The quantitative estimate of drug-likeness (QED) is 0.733. The third-order valence-corrected chi connectivity index (χ3v) is 4.34. The molecule has 2 aliphatic rings. The minimum Gasteiger partial charge on any atom is -0.391 e. The Labute approximate surface area is 108 Å². The Balaban J connectivity index is 1.96. The van der Waals surface area contributed by atoms with Gasteiger partial charge in [-0.1, -0.05) is 26.2 Å². The molecule has 0 radical (unpaired) electrons. The number of amides is 1. The summed E-state index contributed by atoms with van der Waals surface area (Å²) in [6, 6.07) is 2.01. The van der Waals surface area contributed by atoms with Crippen LogP contribution in [-0.4, -0.2) is 23.2 Å². The first-order chi connectivity index (χ1) is 8.57. The van der Waals surface area contributed by atoms with Crippen LogP contribution in [0.3, 0.4) is 0 Å². The van der Waals surface area contributed by atoms with Gasteiger partial charge in [0.1, 0.15) is 5.41 Å². The molecule has 2 aliphatic carbocycles. The van der Waals surface area contributed by atoms with E-state index in [9.17, 15) is 15.2 Å². The highest BCUT2D eigenvalue weighted by Crippen LogP contribution is 2.45. The second-order valence-corrected chi connectivity index (χ2v) is 5.99. The topological polar surface area (TPSA) is 73.1 Å². The van der Waals surface area contributed by atoms with Gasteiger partial charge in [0.05, 0.1) is 18.2 Å². The Morgan fingerprint density at radius 2 is 2.00 bits per heavy atom. The smallest absolute Gasteiger partial charge is 0.240 e. The van der Waals surface area contributed by atoms with Crippen LogP contribution in [0, 0.1) is 22.7 Å². The molecule has 2 unspecified atom stereocenters. The van der Waals surface area contributed by atoms with Gasteiger partial charge < -0.3 is 10.4 Å². The maximum Gasteiger partial charge on any atom is 0.240 e. The Bertz CT molecular complexity index is 355. The van der Waals surface area contributed by atoms with Crippen molar-refractivity contribution in [3.05, 3.63) is 0 Å². The number of rotatable bonds is 2. The fourth-order valence-corrected chi connectivity index (χ4v) is 3.22. The number of hydrogen-bond acceptors (Lipinski definition) is 3. The van der Waals surface area contributed by atoms with Crippen molar-refractivity contribution in [1.29, 1.82) is 5.26 Å². The normalized spacial score (nSPS) is 40.2. The van der Waals surface area contributed by atoms with Gasteiger partial charge in [0, 0.05) is 0 Å². The summed E-state index contributed by atoms with van der Waals surface area (Å²) >= 11 is 0. The lowest BCUT2D eigenvalue weighted by Crippen LogP contribution is -2.53. The molecule has 4 heteroatoms. The molecule has 100 valence electrons. The van der Waals surface area contributed by atoms with Crippen LogP contribution in [0.5, 0.6) is 0 Å². The maximum absolute atomic E-state index is 12.2.